The van der Waals surface area contributed by atoms with Gasteiger partial charge in [0.05, 0.1) is 11.6 Å². The fourth-order valence-electron chi connectivity index (χ4n) is 2.69. The molecular weight excluding hydrogens is 361 g/mol. The van der Waals surface area contributed by atoms with Crippen LogP contribution in [0.25, 0.3) is 0 Å². The van der Waals surface area contributed by atoms with Crippen LogP contribution in [0.4, 0.5) is 4.39 Å². The molecule has 0 fully saturated rings. The summed E-state index contributed by atoms with van der Waals surface area (Å²) in [5.74, 6) is 0.360. The highest BCUT2D eigenvalue weighted by Crippen LogP contribution is 2.21. The lowest BCUT2D eigenvalue weighted by molar-refractivity contribution is 0.627. The Balaban J connectivity index is 1.80. The molecule has 0 aliphatic rings. The number of aryl methyl sites for hydroxylation is 1. The summed E-state index contributed by atoms with van der Waals surface area (Å²) in [7, 11) is 1.71. The van der Waals surface area contributed by atoms with E-state index in [1.165, 1.54) is 23.9 Å². The molecule has 0 saturated carbocycles. The maximum absolute atomic E-state index is 13.1. The molecule has 0 saturated heterocycles. The number of thioether (sulfide) groups is 1. The van der Waals surface area contributed by atoms with Crippen LogP contribution in [-0.2, 0) is 19.2 Å². The van der Waals surface area contributed by atoms with E-state index in [1.807, 2.05) is 19.1 Å². The smallest absolute Gasteiger partial charge is 0.257 e. The number of hydrogen-bond donors (Lipinski definition) is 0. The highest BCUT2D eigenvalue weighted by Gasteiger charge is 2.13. The first-order chi connectivity index (χ1) is 13.0. The van der Waals surface area contributed by atoms with Crippen molar-refractivity contribution in [2.24, 2.45) is 7.05 Å². The van der Waals surface area contributed by atoms with Crippen LogP contribution in [0.15, 0.2) is 58.5 Å². The SMILES string of the molecule is Cc1nc(SCc2ccc(C#N)cc2)n(C)c(=O)c1Cc1ccc(F)cc1. The molecule has 1 aromatic heterocycles. The van der Waals surface area contributed by atoms with Crippen LogP contribution in [0.2, 0.25) is 0 Å². The van der Waals surface area contributed by atoms with Gasteiger partial charge in [-0.2, -0.15) is 5.26 Å². The molecule has 6 heteroatoms. The van der Waals surface area contributed by atoms with E-state index in [1.54, 1.807) is 35.9 Å². The van der Waals surface area contributed by atoms with Crippen LogP contribution < -0.4 is 5.56 Å². The van der Waals surface area contributed by atoms with Gasteiger partial charge in [0.1, 0.15) is 5.82 Å². The minimum Gasteiger partial charge on any atom is -0.291 e. The molecule has 0 amide bonds. The molecule has 0 bridgehead atoms. The van der Waals surface area contributed by atoms with Crippen molar-refractivity contribution >= 4 is 11.8 Å². The molecule has 0 spiro atoms. The van der Waals surface area contributed by atoms with Gasteiger partial charge < -0.3 is 0 Å². The average Bonchev–Trinajstić information content (AvgIpc) is 2.69. The topological polar surface area (TPSA) is 58.7 Å². The Hall–Kier alpha value is -2.91. The van der Waals surface area contributed by atoms with Gasteiger partial charge in [0.25, 0.3) is 5.56 Å². The maximum Gasteiger partial charge on any atom is 0.257 e. The molecule has 0 aliphatic carbocycles. The van der Waals surface area contributed by atoms with Gasteiger partial charge in [0, 0.05) is 30.5 Å². The minimum atomic E-state index is -0.295. The van der Waals surface area contributed by atoms with Crippen LogP contribution in [0, 0.1) is 24.1 Å². The van der Waals surface area contributed by atoms with Crippen molar-refractivity contribution < 1.29 is 4.39 Å². The zero-order valence-electron chi connectivity index (χ0n) is 15.1. The molecule has 3 aromatic rings. The summed E-state index contributed by atoms with van der Waals surface area (Å²) in [4.78, 5) is 17.4. The van der Waals surface area contributed by atoms with Crippen molar-refractivity contribution in [1.82, 2.24) is 9.55 Å². The Morgan fingerprint density at radius 3 is 2.37 bits per heavy atom. The van der Waals surface area contributed by atoms with Crippen LogP contribution in [0.3, 0.4) is 0 Å². The van der Waals surface area contributed by atoms with E-state index < -0.39 is 0 Å². The lowest BCUT2D eigenvalue weighted by Gasteiger charge is -2.12. The number of rotatable bonds is 5. The monoisotopic (exact) mass is 379 g/mol. The predicted molar refractivity (Wildman–Crippen MR) is 104 cm³/mol. The zero-order chi connectivity index (χ0) is 19.4. The summed E-state index contributed by atoms with van der Waals surface area (Å²) in [6.45, 7) is 1.83. The van der Waals surface area contributed by atoms with E-state index in [0.29, 0.717) is 34.2 Å². The maximum atomic E-state index is 13.1. The second-order valence-electron chi connectivity index (χ2n) is 6.22. The number of aromatic nitrogens is 2. The number of halogens is 1. The van der Waals surface area contributed by atoms with Gasteiger partial charge in [-0.15, -0.1) is 0 Å². The van der Waals surface area contributed by atoms with Crippen LogP contribution in [0.1, 0.15) is 27.9 Å². The van der Waals surface area contributed by atoms with Gasteiger partial charge >= 0.3 is 0 Å². The summed E-state index contributed by atoms with van der Waals surface area (Å²) in [5, 5.41) is 9.50. The largest absolute Gasteiger partial charge is 0.291 e. The first-order valence-corrected chi connectivity index (χ1v) is 9.39. The summed E-state index contributed by atoms with van der Waals surface area (Å²) in [5.41, 5.74) is 3.76. The first-order valence-electron chi connectivity index (χ1n) is 8.40. The number of nitriles is 1. The molecule has 0 N–H and O–H groups in total. The first kappa shape index (κ1) is 18.9. The fraction of sp³-hybridized carbons (Fsp3) is 0.190. The Bertz CT molecular complexity index is 1050. The lowest BCUT2D eigenvalue weighted by atomic mass is 10.1. The Labute approximate surface area is 161 Å². The molecule has 0 aliphatic heterocycles. The Kier molecular flexibility index (Phi) is 5.72. The molecule has 3 rings (SSSR count). The van der Waals surface area contributed by atoms with Gasteiger partial charge in [-0.3, -0.25) is 9.36 Å². The normalized spacial score (nSPS) is 10.6. The van der Waals surface area contributed by atoms with Crippen molar-refractivity contribution in [1.29, 1.82) is 5.26 Å². The summed E-state index contributed by atoms with van der Waals surface area (Å²) < 4.78 is 14.6. The average molecular weight is 379 g/mol. The van der Waals surface area contributed by atoms with Crippen LogP contribution in [0.5, 0.6) is 0 Å². The molecule has 27 heavy (non-hydrogen) atoms. The van der Waals surface area contributed by atoms with Crippen molar-refractivity contribution in [3.05, 3.63) is 92.6 Å². The molecule has 0 radical (unpaired) electrons. The van der Waals surface area contributed by atoms with E-state index in [0.717, 1.165) is 11.1 Å². The van der Waals surface area contributed by atoms with Crippen molar-refractivity contribution in [2.75, 3.05) is 0 Å². The molecule has 0 unspecified atom stereocenters. The fourth-order valence-corrected chi connectivity index (χ4v) is 3.66. The molecule has 2 aromatic carbocycles. The van der Waals surface area contributed by atoms with Crippen LogP contribution in [-0.4, -0.2) is 9.55 Å². The number of hydrogen-bond acceptors (Lipinski definition) is 4. The van der Waals surface area contributed by atoms with E-state index >= 15 is 0 Å². The summed E-state index contributed by atoms with van der Waals surface area (Å²) >= 11 is 1.48. The third-order valence-electron chi connectivity index (χ3n) is 4.29. The van der Waals surface area contributed by atoms with Gasteiger partial charge in [0.2, 0.25) is 0 Å². The summed E-state index contributed by atoms with van der Waals surface area (Å²) in [6.07, 6.45) is 0.423. The number of benzene rings is 2. The predicted octanol–water partition coefficient (Wildman–Crippen LogP) is 3.98. The molecular formula is C21H18FN3OS. The van der Waals surface area contributed by atoms with E-state index in [4.69, 9.17) is 5.26 Å². The molecule has 1 heterocycles. The number of nitrogens with zero attached hydrogens (tertiary/aromatic N) is 3. The summed E-state index contributed by atoms with van der Waals surface area (Å²) in [6, 6.07) is 15.6. The second kappa shape index (κ2) is 8.19. The third-order valence-corrected chi connectivity index (χ3v) is 5.40. The Morgan fingerprint density at radius 2 is 1.74 bits per heavy atom. The van der Waals surface area contributed by atoms with Gasteiger partial charge in [-0.1, -0.05) is 36.0 Å². The molecule has 4 nitrogen and oxygen atoms in total. The standard InChI is InChI=1S/C21H18FN3OS/c1-14-19(11-15-7-9-18(22)10-8-15)20(26)25(2)21(24-14)27-13-17-5-3-16(12-23)4-6-17/h3-10H,11,13H2,1-2H3. The molecule has 136 valence electrons. The van der Waals surface area contributed by atoms with E-state index in [2.05, 4.69) is 11.1 Å². The van der Waals surface area contributed by atoms with E-state index in [-0.39, 0.29) is 11.4 Å². The highest BCUT2D eigenvalue weighted by molar-refractivity contribution is 7.98. The van der Waals surface area contributed by atoms with Crippen LogP contribution >= 0.6 is 11.8 Å². The third kappa shape index (κ3) is 4.44. The highest BCUT2D eigenvalue weighted by atomic mass is 32.2. The lowest BCUT2D eigenvalue weighted by Crippen LogP contribution is -2.25. The molecule has 0 atom stereocenters. The van der Waals surface area contributed by atoms with Crippen molar-refractivity contribution in [2.45, 2.75) is 24.3 Å². The van der Waals surface area contributed by atoms with Gasteiger partial charge in [0.15, 0.2) is 5.16 Å². The van der Waals surface area contributed by atoms with Crippen molar-refractivity contribution in [3.8, 4) is 6.07 Å². The quantitative estimate of drug-likeness (QED) is 0.497. The zero-order valence-corrected chi connectivity index (χ0v) is 15.9. The van der Waals surface area contributed by atoms with Gasteiger partial charge in [-0.25, -0.2) is 9.37 Å². The van der Waals surface area contributed by atoms with Crippen molar-refractivity contribution in [3.63, 3.8) is 0 Å². The minimum absolute atomic E-state index is 0.0887. The van der Waals surface area contributed by atoms with Gasteiger partial charge in [-0.05, 0) is 42.3 Å². The Morgan fingerprint density at radius 1 is 1.11 bits per heavy atom. The second-order valence-corrected chi connectivity index (χ2v) is 7.17. The van der Waals surface area contributed by atoms with E-state index in [9.17, 15) is 9.18 Å².